The number of benzene rings is 1. The molecule has 0 radical (unpaired) electrons. The van der Waals surface area contributed by atoms with Gasteiger partial charge in [0.2, 0.25) is 0 Å². The molecule has 32 heavy (non-hydrogen) atoms. The molecular formula is C23H30BrN3O3S2. The number of halogens is 1. The monoisotopic (exact) mass is 539 g/mol. The summed E-state index contributed by atoms with van der Waals surface area (Å²) in [7, 11) is -2.85. The van der Waals surface area contributed by atoms with E-state index in [1.54, 1.807) is 11.3 Å². The van der Waals surface area contributed by atoms with Crippen LogP contribution in [0.1, 0.15) is 69.7 Å². The summed E-state index contributed by atoms with van der Waals surface area (Å²) in [6.45, 7) is 3.69. The van der Waals surface area contributed by atoms with Gasteiger partial charge >= 0.3 is 6.09 Å². The van der Waals surface area contributed by atoms with Crippen molar-refractivity contribution < 1.29 is 13.7 Å². The summed E-state index contributed by atoms with van der Waals surface area (Å²) >= 11 is 5.14. The zero-order valence-electron chi connectivity index (χ0n) is 18.4. The molecule has 1 atom stereocenters. The van der Waals surface area contributed by atoms with Crippen LogP contribution in [0, 0.1) is 4.78 Å². The lowest BCUT2D eigenvalue weighted by molar-refractivity contribution is 0.109. The lowest BCUT2D eigenvalue weighted by Crippen LogP contribution is -2.38. The van der Waals surface area contributed by atoms with Crippen LogP contribution in [-0.2, 0) is 14.5 Å². The first-order chi connectivity index (χ1) is 15.2. The van der Waals surface area contributed by atoms with Crippen LogP contribution in [0.3, 0.4) is 0 Å². The molecule has 1 aromatic carbocycles. The number of alkyl carbamates (subject to hydrolysis) is 1. The predicted molar refractivity (Wildman–Crippen MR) is 132 cm³/mol. The van der Waals surface area contributed by atoms with E-state index in [0.29, 0.717) is 10.8 Å². The zero-order valence-corrected chi connectivity index (χ0v) is 21.7. The second kappa shape index (κ2) is 9.81. The van der Waals surface area contributed by atoms with Gasteiger partial charge in [0.15, 0.2) is 0 Å². The number of amides is 1. The summed E-state index contributed by atoms with van der Waals surface area (Å²) in [4.78, 5) is 18.2. The fraction of sp³-hybridized carbons (Fsp3) is 0.565. The second-order valence-corrected chi connectivity index (χ2v) is 13.3. The molecule has 1 heterocycles. The van der Waals surface area contributed by atoms with Crippen molar-refractivity contribution in [1.82, 2.24) is 10.3 Å². The summed E-state index contributed by atoms with van der Waals surface area (Å²) in [6, 6.07) is 5.91. The van der Waals surface area contributed by atoms with Crippen molar-refractivity contribution in [1.29, 1.82) is 4.78 Å². The van der Waals surface area contributed by atoms with Crippen molar-refractivity contribution in [2.24, 2.45) is 0 Å². The Morgan fingerprint density at radius 1 is 1.25 bits per heavy atom. The Labute approximate surface area is 202 Å². The molecule has 2 fully saturated rings. The minimum Gasteiger partial charge on any atom is -0.447 e. The van der Waals surface area contributed by atoms with Crippen molar-refractivity contribution in [2.45, 2.75) is 87.0 Å². The Balaban J connectivity index is 1.47. The van der Waals surface area contributed by atoms with Crippen molar-refractivity contribution in [3.8, 4) is 10.4 Å². The lowest BCUT2D eigenvalue weighted by atomic mass is 9.86. The van der Waals surface area contributed by atoms with E-state index < -0.39 is 9.73 Å². The molecule has 9 heteroatoms. The van der Waals surface area contributed by atoms with Crippen LogP contribution in [0.25, 0.3) is 10.4 Å². The number of nitrogens with one attached hydrogen (secondary N) is 2. The molecule has 174 valence electrons. The highest BCUT2D eigenvalue weighted by molar-refractivity contribution is 9.10. The smallest absolute Gasteiger partial charge is 0.407 e. The molecule has 0 bridgehead atoms. The molecule has 1 unspecified atom stereocenters. The highest BCUT2D eigenvalue weighted by Gasteiger charge is 2.32. The van der Waals surface area contributed by atoms with Gasteiger partial charge in [-0.25, -0.2) is 18.8 Å². The van der Waals surface area contributed by atoms with E-state index in [1.165, 1.54) is 0 Å². The number of hydrogen-bond acceptors (Lipinski definition) is 6. The SMILES string of the molecule is CC(C)OC(=O)N[C@H]1CC[C@H](c2ncc(-c3ccc(Br)cc3S(=N)(=O)C3CCC3)s2)CC1. The molecule has 4 rings (SSSR count). The maximum atomic E-state index is 13.4. The van der Waals surface area contributed by atoms with Crippen LogP contribution in [0.2, 0.25) is 0 Å². The van der Waals surface area contributed by atoms with E-state index >= 15 is 0 Å². The van der Waals surface area contributed by atoms with Crippen molar-refractivity contribution in [3.05, 3.63) is 33.9 Å². The third kappa shape index (κ3) is 5.20. The first-order valence-electron chi connectivity index (χ1n) is 11.2. The Bertz CT molecular complexity index is 1070. The third-order valence-corrected chi connectivity index (χ3v) is 10.4. The number of nitrogens with zero attached hydrogens (tertiary/aromatic N) is 1. The average Bonchev–Trinajstić information content (AvgIpc) is 3.16. The highest BCUT2D eigenvalue weighted by Crippen LogP contribution is 2.42. The highest BCUT2D eigenvalue weighted by atomic mass is 79.9. The van der Waals surface area contributed by atoms with Crippen molar-refractivity contribution in [2.75, 3.05) is 0 Å². The van der Waals surface area contributed by atoms with Gasteiger partial charge in [-0.1, -0.05) is 28.4 Å². The topological polar surface area (TPSA) is 92.1 Å². The summed E-state index contributed by atoms with van der Waals surface area (Å²) in [6.07, 6.45) is 7.92. The van der Waals surface area contributed by atoms with Crippen LogP contribution >= 0.6 is 27.3 Å². The molecule has 2 N–H and O–H groups in total. The number of aromatic nitrogens is 1. The normalized spacial score (nSPS) is 23.4. The van der Waals surface area contributed by atoms with Gasteiger partial charge in [-0.2, -0.15) is 0 Å². The molecule has 2 saturated carbocycles. The fourth-order valence-corrected chi connectivity index (χ4v) is 8.20. The number of rotatable bonds is 6. The van der Waals surface area contributed by atoms with Crippen molar-refractivity contribution >= 4 is 43.1 Å². The van der Waals surface area contributed by atoms with Gasteiger partial charge in [0.05, 0.1) is 30.6 Å². The first-order valence-corrected chi connectivity index (χ1v) is 14.5. The number of carbonyl (C=O) groups excluding carboxylic acids is 1. The van der Waals surface area contributed by atoms with E-state index in [-0.39, 0.29) is 23.5 Å². The molecule has 0 aliphatic heterocycles. The second-order valence-electron chi connectivity index (χ2n) is 9.00. The molecule has 0 saturated heterocycles. The average molecular weight is 541 g/mol. The summed E-state index contributed by atoms with van der Waals surface area (Å²) < 4.78 is 28.1. The molecular weight excluding hydrogens is 510 g/mol. The summed E-state index contributed by atoms with van der Waals surface area (Å²) in [5.74, 6) is 0.360. The Morgan fingerprint density at radius 3 is 2.59 bits per heavy atom. The molecule has 1 aromatic heterocycles. The standard InChI is InChI=1S/C23H30BrN3O3S2/c1-14(2)30-23(28)27-17-9-6-15(7-10-17)22-26-13-20(31-22)19-11-8-16(24)12-21(19)32(25,29)18-4-3-5-18/h8,11-15,17-18,25H,3-7,9-10H2,1-2H3,(H,27,28)/t15-,17-,32?. The van der Waals surface area contributed by atoms with E-state index in [4.69, 9.17) is 14.5 Å². The maximum absolute atomic E-state index is 13.4. The predicted octanol–water partition coefficient (Wildman–Crippen LogP) is 6.69. The van der Waals surface area contributed by atoms with E-state index in [0.717, 1.165) is 64.9 Å². The summed E-state index contributed by atoms with van der Waals surface area (Å²) in [5.41, 5.74) is 0.871. The van der Waals surface area contributed by atoms with Crippen LogP contribution in [-0.4, -0.2) is 32.7 Å². The molecule has 6 nitrogen and oxygen atoms in total. The molecule has 1 amide bonds. The van der Waals surface area contributed by atoms with Crippen LogP contribution in [0.4, 0.5) is 4.79 Å². The van der Waals surface area contributed by atoms with E-state index in [9.17, 15) is 9.00 Å². The maximum Gasteiger partial charge on any atom is 0.407 e. The molecule has 2 aliphatic carbocycles. The quantitative estimate of drug-likeness (QED) is 0.427. The van der Waals surface area contributed by atoms with Gasteiger partial charge in [0.25, 0.3) is 0 Å². The number of ether oxygens (including phenoxy) is 1. The first kappa shape index (κ1) is 23.7. The van der Waals surface area contributed by atoms with Crippen LogP contribution < -0.4 is 5.32 Å². The number of hydrogen-bond donors (Lipinski definition) is 2. The van der Waals surface area contributed by atoms with E-state index in [1.807, 2.05) is 38.2 Å². The van der Waals surface area contributed by atoms with Crippen LogP contribution in [0.5, 0.6) is 0 Å². The summed E-state index contributed by atoms with van der Waals surface area (Å²) in [5, 5.41) is 4.00. The molecule has 2 aliphatic rings. The third-order valence-electron chi connectivity index (χ3n) is 6.32. The molecule has 0 spiro atoms. The van der Waals surface area contributed by atoms with Gasteiger partial charge in [0.1, 0.15) is 0 Å². The molecule has 2 aromatic rings. The van der Waals surface area contributed by atoms with Gasteiger partial charge in [-0.3, -0.25) is 0 Å². The minimum absolute atomic E-state index is 0.0481. The van der Waals surface area contributed by atoms with Gasteiger partial charge in [-0.05, 0) is 64.5 Å². The van der Waals surface area contributed by atoms with Gasteiger partial charge in [0, 0.05) is 33.4 Å². The Hall–Kier alpha value is -1.45. The number of carbonyl (C=O) groups is 1. The largest absolute Gasteiger partial charge is 0.447 e. The van der Waals surface area contributed by atoms with E-state index in [2.05, 4.69) is 21.2 Å². The minimum atomic E-state index is -2.85. The Kier molecular flexibility index (Phi) is 7.27. The Morgan fingerprint density at radius 2 is 1.97 bits per heavy atom. The van der Waals surface area contributed by atoms with Crippen LogP contribution in [0.15, 0.2) is 33.8 Å². The van der Waals surface area contributed by atoms with Crippen molar-refractivity contribution in [3.63, 3.8) is 0 Å². The van der Waals surface area contributed by atoms with Gasteiger partial charge in [-0.15, -0.1) is 11.3 Å². The number of thiazole rings is 1. The van der Waals surface area contributed by atoms with Gasteiger partial charge < -0.3 is 10.1 Å². The lowest BCUT2D eigenvalue weighted by Gasteiger charge is -2.28. The fourth-order valence-electron chi connectivity index (χ4n) is 4.33. The zero-order chi connectivity index (χ0) is 22.9.